The summed E-state index contributed by atoms with van der Waals surface area (Å²) in [7, 11) is 1.52. The number of hydrogen-bond acceptors (Lipinski definition) is 7. The van der Waals surface area contributed by atoms with Gasteiger partial charge in [0.05, 0.1) is 23.6 Å². The predicted molar refractivity (Wildman–Crippen MR) is 82.2 cm³/mol. The zero-order valence-corrected chi connectivity index (χ0v) is 13.0. The number of amides is 1. The molecule has 1 heterocycles. The van der Waals surface area contributed by atoms with Crippen molar-refractivity contribution in [3.8, 4) is 5.75 Å². The largest absolute Gasteiger partial charge is 0.550 e. The third-order valence-corrected chi connectivity index (χ3v) is 4.03. The van der Waals surface area contributed by atoms with Crippen molar-refractivity contribution in [1.29, 1.82) is 0 Å². The smallest absolute Gasteiger partial charge is 0.239 e. The van der Waals surface area contributed by atoms with Crippen LogP contribution in [0, 0.1) is 0 Å². The molecule has 1 unspecified atom stereocenters. The Bertz CT molecular complexity index is 663. The van der Waals surface area contributed by atoms with E-state index in [1.807, 2.05) is 0 Å². The molecule has 0 bridgehead atoms. The van der Waals surface area contributed by atoms with Gasteiger partial charge in [0.1, 0.15) is 5.75 Å². The average molecular weight is 341 g/mol. The van der Waals surface area contributed by atoms with Crippen molar-refractivity contribution >= 4 is 46.6 Å². The molecule has 9 heteroatoms. The summed E-state index contributed by atoms with van der Waals surface area (Å²) in [4.78, 5) is 22.0. The van der Waals surface area contributed by atoms with Crippen LogP contribution in [0.15, 0.2) is 28.4 Å². The van der Waals surface area contributed by atoms with Crippen LogP contribution in [-0.4, -0.2) is 35.6 Å². The quantitative estimate of drug-likeness (QED) is 0.617. The van der Waals surface area contributed by atoms with Crippen molar-refractivity contribution in [2.24, 2.45) is 10.2 Å². The van der Waals surface area contributed by atoms with Gasteiger partial charge in [-0.25, -0.2) is 0 Å². The van der Waals surface area contributed by atoms with Gasteiger partial charge in [-0.15, -0.1) is 5.10 Å². The molecule has 1 amide bonds. The van der Waals surface area contributed by atoms with Gasteiger partial charge >= 0.3 is 0 Å². The summed E-state index contributed by atoms with van der Waals surface area (Å²) in [6, 6.07) is 5.09. The Balaban J connectivity index is 2.01. The van der Waals surface area contributed by atoms with Crippen LogP contribution in [0.2, 0.25) is 5.02 Å². The lowest BCUT2D eigenvalue weighted by molar-refractivity contribution is -0.305. The summed E-state index contributed by atoms with van der Waals surface area (Å²) in [6.07, 6.45) is 1.09. The molecule has 1 aliphatic heterocycles. The van der Waals surface area contributed by atoms with Crippen molar-refractivity contribution in [1.82, 2.24) is 5.32 Å². The van der Waals surface area contributed by atoms with E-state index in [4.69, 9.17) is 16.3 Å². The van der Waals surface area contributed by atoms with Gasteiger partial charge in [0.25, 0.3) is 0 Å². The maximum Gasteiger partial charge on any atom is 0.239 e. The molecule has 0 saturated carbocycles. The molecule has 1 saturated heterocycles. The second kappa shape index (κ2) is 7.28. The van der Waals surface area contributed by atoms with E-state index in [2.05, 4.69) is 15.5 Å². The Morgan fingerprint density at radius 2 is 2.36 bits per heavy atom. The Morgan fingerprint density at radius 1 is 1.59 bits per heavy atom. The molecule has 22 heavy (non-hydrogen) atoms. The summed E-state index contributed by atoms with van der Waals surface area (Å²) < 4.78 is 5.03. The SMILES string of the molecule is COc1ccc(/C=N/N=C2\NC(=O)C(CC(=O)[O-])S2)cc1Cl. The molecule has 1 aliphatic rings. The second-order valence-electron chi connectivity index (χ2n) is 4.22. The number of methoxy groups -OCH3 is 1. The number of carbonyl (C=O) groups excluding carboxylic acids is 2. The zero-order chi connectivity index (χ0) is 16.1. The minimum atomic E-state index is -1.29. The number of nitrogens with one attached hydrogen (secondary N) is 1. The molecule has 7 nitrogen and oxygen atoms in total. The van der Waals surface area contributed by atoms with Crippen LogP contribution in [0.4, 0.5) is 0 Å². The molecule has 116 valence electrons. The molecule has 1 aromatic carbocycles. The summed E-state index contributed by atoms with van der Waals surface area (Å²) >= 11 is 6.98. The lowest BCUT2D eigenvalue weighted by atomic mass is 10.2. The van der Waals surface area contributed by atoms with Crippen LogP contribution in [0.3, 0.4) is 0 Å². The number of carboxylic acids is 1. The maximum absolute atomic E-state index is 11.5. The van der Waals surface area contributed by atoms with Gasteiger partial charge in [0.2, 0.25) is 5.91 Å². The summed E-state index contributed by atoms with van der Waals surface area (Å²) in [5.74, 6) is -1.16. The third kappa shape index (κ3) is 4.22. The highest BCUT2D eigenvalue weighted by atomic mass is 35.5. The number of carboxylic acid groups (broad SMARTS) is 1. The summed E-state index contributed by atoms with van der Waals surface area (Å²) in [5, 5.41) is 20.5. The fourth-order valence-electron chi connectivity index (χ4n) is 1.65. The molecule has 1 atom stereocenters. The highest BCUT2D eigenvalue weighted by Gasteiger charge is 2.30. The number of ether oxygens (including phenoxy) is 1. The molecular weight excluding hydrogens is 330 g/mol. The van der Waals surface area contributed by atoms with Crippen molar-refractivity contribution in [2.45, 2.75) is 11.7 Å². The number of benzene rings is 1. The van der Waals surface area contributed by atoms with Crippen molar-refractivity contribution in [2.75, 3.05) is 7.11 Å². The van der Waals surface area contributed by atoms with E-state index in [-0.39, 0.29) is 11.6 Å². The topological polar surface area (TPSA) is 103 Å². The number of rotatable bonds is 5. The van der Waals surface area contributed by atoms with Gasteiger partial charge in [-0.3, -0.25) is 4.79 Å². The van der Waals surface area contributed by atoms with E-state index < -0.39 is 17.1 Å². The van der Waals surface area contributed by atoms with Crippen molar-refractivity contribution in [3.63, 3.8) is 0 Å². The van der Waals surface area contributed by atoms with Gasteiger partial charge in [0, 0.05) is 12.4 Å². The van der Waals surface area contributed by atoms with E-state index in [9.17, 15) is 14.7 Å². The molecule has 1 fully saturated rings. The average Bonchev–Trinajstić information content (AvgIpc) is 2.78. The molecule has 2 rings (SSSR count). The van der Waals surface area contributed by atoms with Crippen LogP contribution in [-0.2, 0) is 9.59 Å². The number of hydrogen-bond donors (Lipinski definition) is 1. The molecule has 0 aliphatic carbocycles. The molecule has 0 radical (unpaired) electrons. The predicted octanol–water partition coefficient (Wildman–Crippen LogP) is 0.410. The molecule has 1 N–H and O–H groups in total. The van der Waals surface area contributed by atoms with Crippen LogP contribution < -0.4 is 15.2 Å². The first-order valence-corrected chi connectivity index (χ1v) is 7.37. The number of nitrogens with zero attached hydrogens (tertiary/aromatic N) is 2. The molecular formula is C13H11ClN3O4S-. The standard InChI is InChI=1S/C13H12ClN3O4S/c1-21-9-3-2-7(4-8(9)14)6-15-17-13-16-12(20)10(22-13)5-11(18)19/h2-4,6,10H,5H2,1H3,(H,18,19)(H,16,17,20)/p-1/b15-6+. The number of thioether (sulfide) groups is 1. The minimum absolute atomic E-state index is 0.243. The van der Waals surface area contributed by atoms with Crippen molar-refractivity contribution < 1.29 is 19.4 Å². The number of aliphatic carboxylic acids is 1. The summed E-state index contributed by atoms with van der Waals surface area (Å²) in [5.41, 5.74) is 0.704. The molecule has 0 spiro atoms. The zero-order valence-electron chi connectivity index (χ0n) is 11.4. The Hall–Kier alpha value is -2.06. The fraction of sp³-hybridized carbons (Fsp3) is 0.231. The van der Waals surface area contributed by atoms with Crippen LogP contribution >= 0.6 is 23.4 Å². The Labute approximate surface area is 135 Å². The number of amidine groups is 1. The third-order valence-electron chi connectivity index (χ3n) is 2.66. The van der Waals surface area contributed by atoms with Gasteiger partial charge in [-0.2, -0.15) is 5.10 Å². The van der Waals surface area contributed by atoms with Gasteiger partial charge in [0.15, 0.2) is 5.17 Å². The first-order chi connectivity index (χ1) is 10.5. The highest BCUT2D eigenvalue weighted by molar-refractivity contribution is 8.15. The van der Waals surface area contributed by atoms with Gasteiger partial charge in [-0.1, -0.05) is 23.4 Å². The van der Waals surface area contributed by atoms with Gasteiger partial charge < -0.3 is 20.0 Å². The van der Waals surface area contributed by atoms with E-state index >= 15 is 0 Å². The van der Waals surface area contributed by atoms with E-state index in [1.165, 1.54) is 13.3 Å². The number of halogens is 1. The Morgan fingerprint density at radius 3 is 3.00 bits per heavy atom. The normalized spacial score (nSPS) is 19.6. The molecule has 0 aromatic heterocycles. The van der Waals surface area contributed by atoms with E-state index in [1.54, 1.807) is 18.2 Å². The van der Waals surface area contributed by atoms with Crippen LogP contribution in [0.5, 0.6) is 5.75 Å². The lowest BCUT2D eigenvalue weighted by Crippen LogP contribution is -2.31. The van der Waals surface area contributed by atoms with Crippen LogP contribution in [0.25, 0.3) is 0 Å². The Kier molecular flexibility index (Phi) is 5.40. The van der Waals surface area contributed by atoms with Gasteiger partial charge in [-0.05, 0) is 23.8 Å². The fourth-order valence-corrected chi connectivity index (χ4v) is 2.82. The highest BCUT2D eigenvalue weighted by Crippen LogP contribution is 2.24. The van der Waals surface area contributed by atoms with E-state index in [0.717, 1.165) is 11.8 Å². The first-order valence-electron chi connectivity index (χ1n) is 6.11. The summed E-state index contributed by atoms with van der Waals surface area (Å²) in [6.45, 7) is 0. The lowest BCUT2D eigenvalue weighted by Gasteiger charge is -2.04. The number of carbonyl (C=O) groups is 2. The van der Waals surface area contributed by atoms with Crippen molar-refractivity contribution in [3.05, 3.63) is 28.8 Å². The monoisotopic (exact) mass is 340 g/mol. The van der Waals surface area contributed by atoms with Crippen LogP contribution in [0.1, 0.15) is 12.0 Å². The minimum Gasteiger partial charge on any atom is -0.550 e. The second-order valence-corrected chi connectivity index (χ2v) is 5.81. The molecule has 1 aromatic rings. The van der Waals surface area contributed by atoms with E-state index in [0.29, 0.717) is 16.3 Å². The first kappa shape index (κ1) is 16.3. The maximum atomic E-state index is 11.5.